The average molecular weight is 997 g/mol. The standard InChI is InChI=1S/C69H84N6/c1-5-7-33-56(73-59-36-21-18-32-55(59)66-62(73)39-22-27-49-28-24-42-68(66,71)45-49)51-40-41-52(51)67(75-58-35-20-16-30-53(58)64-48(4)26-12-8-10-14-37-60(64)75)69(43-23-25-47(3)44-69)72-63(46-70)74-57-34-19-17-31-54(57)65-50(6-2)29-13-9-11-15-38-61(65)74/h8,10,14-22,27,30-39,47-48,50-51,63,72H,5-7,9,11-13,23-26,28-29,40-46,70-71H2,1-4H3/b10-8+,37-14-,38-15-,39-22-,49-27-,56-33-,67-52+. The average Bonchev–Trinajstić information content (AvgIpc) is 4.09. The lowest BCUT2D eigenvalue weighted by molar-refractivity contribution is 0.196. The molecule has 75 heavy (non-hydrogen) atoms. The number of aromatic nitrogens is 3. The Morgan fingerprint density at radius 3 is 2.24 bits per heavy atom. The van der Waals surface area contributed by atoms with Crippen molar-refractivity contribution in [3.8, 4) is 0 Å². The molecule has 0 amide bonds. The van der Waals surface area contributed by atoms with E-state index in [1.54, 1.807) is 5.57 Å². The van der Waals surface area contributed by atoms with Gasteiger partial charge in [0.2, 0.25) is 0 Å². The number of rotatable bonds is 11. The van der Waals surface area contributed by atoms with Gasteiger partial charge in [-0.25, -0.2) is 0 Å². The van der Waals surface area contributed by atoms with Crippen molar-refractivity contribution in [3.05, 3.63) is 160 Å². The van der Waals surface area contributed by atoms with E-state index < -0.39 is 11.1 Å². The van der Waals surface area contributed by atoms with Gasteiger partial charge in [-0.15, -0.1) is 0 Å². The van der Waals surface area contributed by atoms with Crippen LogP contribution in [0.4, 0.5) is 0 Å². The molecular formula is C69H84N6. The maximum absolute atomic E-state index is 7.77. The number of para-hydroxylation sites is 3. The molecule has 390 valence electrons. The van der Waals surface area contributed by atoms with Gasteiger partial charge in [0, 0.05) is 56.8 Å². The Labute approximate surface area is 448 Å². The van der Waals surface area contributed by atoms with E-state index in [0.717, 1.165) is 96.3 Å². The largest absolute Gasteiger partial charge is 0.327 e. The number of benzene rings is 3. The topological polar surface area (TPSA) is 78.9 Å². The molecule has 3 aromatic heterocycles. The van der Waals surface area contributed by atoms with Crippen molar-refractivity contribution in [2.75, 3.05) is 6.54 Å². The van der Waals surface area contributed by atoms with E-state index in [4.69, 9.17) is 16.8 Å². The highest BCUT2D eigenvalue weighted by Gasteiger charge is 2.48. The Morgan fingerprint density at radius 2 is 1.48 bits per heavy atom. The summed E-state index contributed by atoms with van der Waals surface area (Å²) < 4.78 is 8.19. The fraction of sp³-hybridized carbons (Fsp3) is 0.449. The molecular weight excluding hydrogens is 913 g/mol. The minimum absolute atomic E-state index is 0.146. The zero-order valence-corrected chi connectivity index (χ0v) is 45.7. The van der Waals surface area contributed by atoms with Gasteiger partial charge in [0.05, 0.1) is 39.6 Å². The molecule has 3 aromatic carbocycles. The van der Waals surface area contributed by atoms with Crippen molar-refractivity contribution in [1.82, 2.24) is 19.0 Å². The summed E-state index contributed by atoms with van der Waals surface area (Å²) in [6.45, 7) is 10.2. The van der Waals surface area contributed by atoms with Crippen LogP contribution in [0.5, 0.6) is 0 Å². The lowest BCUT2D eigenvalue weighted by Crippen LogP contribution is -2.55. The summed E-state index contributed by atoms with van der Waals surface area (Å²) in [4.78, 5) is 0. The van der Waals surface area contributed by atoms with Crippen LogP contribution in [0.25, 0.3) is 62.3 Å². The molecule has 6 aliphatic rings. The van der Waals surface area contributed by atoms with Gasteiger partial charge in [-0.1, -0.05) is 156 Å². The molecule has 3 fully saturated rings. The molecule has 5 N–H and O–H groups in total. The van der Waals surface area contributed by atoms with Crippen LogP contribution >= 0.6 is 0 Å². The molecule has 0 spiro atoms. The van der Waals surface area contributed by atoms with Gasteiger partial charge < -0.3 is 25.2 Å². The number of nitrogens with one attached hydrogen (secondary N) is 1. The smallest absolute Gasteiger partial charge is 0.0976 e. The molecule has 0 aliphatic heterocycles. The third-order valence-corrected chi connectivity index (χ3v) is 19.0. The zero-order chi connectivity index (χ0) is 51.3. The highest BCUT2D eigenvalue weighted by molar-refractivity contribution is 5.96. The number of nitrogens with two attached hydrogens (primary N) is 2. The highest BCUT2D eigenvalue weighted by Crippen LogP contribution is 2.55. The number of fused-ring (bicyclic) bond motifs is 12. The number of allylic oxidation sites excluding steroid dienone is 9. The van der Waals surface area contributed by atoms with Crippen LogP contribution in [0.3, 0.4) is 0 Å². The molecule has 7 unspecified atom stereocenters. The first-order valence-corrected chi connectivity index (χ1v) is 29.7. The van der Waals surface area contributed by atoms with Crippen LogP contribution in [-0.4, -0.2) is 25.8 Å². The van der Waals surface area contributed by atoms with Crippen molar-refractivity contribution >= 4 is 62.3 Å². The Hall–Kier alpha value is -5.66. The maximum atomic E-state index is 7.77. The van der Waals surface area contributed by atoms with Crippen LogP contribution in [0.1, 0.15) is 201 Å². The van der Waals surface area contributed by atoms with E-state index in [-0.39, 0.29) is 12.1 Å². The van der Waals surface area contributed by atoms with Crippen molar-refractivity contribution < 1.29 is 0 Å². The van der Waals surface area contributed by atoms with E-state index in [1.807, 2.05) is 0 Å². The lowest BCUT2D eigenvalue weighted by atomic mass is 9.67. The molecule has 6 aromatic rings. The second kappa shape index (κ2) is 21.0. The molecule has 6 heteroatoms. The van der Waals surface area contributed by atoms with Crippen molar-refractivity contribution in [2.45, 2.75) is 179 Å². The fourth-order valence-corrected chi connectivity index (χ4v) is 15.6. The van der Waals surface area contributed by atoms with E-state index >= 15 is 0 Å². The Kier molecular flexibility index (Phi) is 14.1. The number of nitrogens with zero attached hydrogens (tertiary/aromatic N) is 3. The fourth-order valence-electron chi connectivity index (χ4n) is 15.6. The highest BCUT2D eigenvalue weighted by atomic mass is 15.2. The molecule has 0 saturated heterocycles. The molecule has 0 radical (unpaired) electrons. The van der Waals surface area contributed by atoms with Gasteiger partial charge in [0.25, 0.3) is 0 Å². The summed E-state index contributed by atoms with van der Waals surface area (Å²) in [5, 5.41) is 8.82. The van der Waals surface area contributed by atoms with Gasteiger partial charge in [-0.2, -0.15) is 0 Å². The van der Waals surface area contributed by atoms with Gasteiger partial charge in [-0.05, 0) is 167 Å². The Bertz CT molecular complexity index is 3330. The van der Waals surface area contributed by atoms with Gasteiger partial charge in [-0.3, -0.25) is 5.32 Å². The molecule has 2 bridgehead atoms. The predicted molar refractivity (Wildman–Crippen MR) is 320 cm³/mol. The van der Waals surface area contributed by atoms with E-state index in [9.17, 15) is 0 Å². The summed E-state index contributed by atoms with van der Waals surface area (Å²) in [5.74, 6) is 1.60. The van der Waals surface area contributed by atoms with Crippen LogP contribution in [0.15, 0.2) is 126 Å². The maximum Gasteiger partial charge on any atom is 0.0976 e. The Balaban J connectivity index is 1.14. The van der Waals surface area contributed by atoms with Gasteiger partial charge >= 0.3 is 0 Å². The van der Waals surface area contributed by atoms with E-state index in [2.05, 4.69) is 175 Å². The number of unbranched alkanes of at least 4 members (excludes halogenated alkanes) is 1. The molecule has 12 rings (SSSR count). The van der Waals surface area contributed by atoms with E-state index in [0.29, 0.717) is 24.3 Å². The third-order valence-electron chi connectivity index (χ3n) is 19.0. The van der Waals surface area contributed by atoms with Gasteiger partial charge in [0.1, 0.15) is 0 Å². The normalized spacial score (nSPS) is 29.6. The van der Waals surface area contributed by atoms with Crippen LogP contribution in [-0.2, 0) is 5.54 Å². The first-order valence-electron chi connectivity index (χ1n) is 29.7. The first kappa shape index (κ1) is 50.2. The molecule has 3 heterocycles. The molecule has 3 saturated carbocycles. The number of hydrogen-bond acceptors (Lipinski definition) is 3. The van der Waals surface area contributed by atoms with Crippen LogP contribution < -0.4 is 16.8 Å². The van der Waals surface area contributed by atoms with Crippen molar-refractivity contribution in [1.29, 1.82) is 0 Å². The minimum Gasteiger partial charge on any atom is -0.327 e. The third kappa shape index (κ3) is 8.76. The van der Waals surface area contributed by atoms with Gasteiger partial charge in [0.15, 0.2) is 0 Å². The van der Waals surface area contributed by atoms with Crippen LogP contribution in [0, 0.1) is 11.8 Å². The summed E-state index contributed by atoms with van der Waals surface area (Å²) >= 11 is 0. The van der Waals surface area contributed by atoms with Crippen molar-refractivity contribution in [3.63, 3.8) is 0 Å². The lowest BCUT2D eigenvalue weighted by Gasteiger charge is -2.49. The molecule has 7 atom stereocenters. The van der Waals surface area contributed by atoms with Crippen LogP contribution in [0.2, 0.25) is 0 Å². The van der Waals surface area contributed by atoms with Crippen molar-refractivity contribution in [2.24, 2.45) is 23.3 Å². The minimum atomic E-state index is -0.417. The second-order valence-corrected chi connectivity index (χ2v) is 23.9. The SMILES string of the molecule is CCC/C=C(/C1CC/C1=C(\n1c2c(c3ccccc31)C(C)CC/C=C/C=C\2)C1(NC(CN)n2c3c(c4ccccc42)C(CC)CCCC/C=C\3)CCCC(C)C1)n1c2c(c3ccccc31)C1(N)CCC/C(=C/C=C\2)C1. The predicted octanol–water partition coefficient (Wildman–Crippen LogP) is 17.4. The summed E-state index contributed by atoms with van der Waals surface area (Å²) in [6, 6.07) is 27.9. The van der Waals surface area contributed by atoms with E-state index in [1.165, 1.54) is 109 Å². The Morgan fingerprint density at radius 1 is 0.720 bits per heavy atom. The summed E-state index contributed by atoms with van der Waals surface area (Å²) in [5.41, 5.74) is 32.5. The summed E-state index contributed by atoms with van der Waals surface area (Å²) in [6.07, 6.45) is 45.1. The summed E-state index contributed by atoms with van der Waals surface area (Å²) in [7, 11) is 0. The molecule has 6 nitrogen and oxygen atoms in total. The first-order chi connectivity index (χ1) is 36.8. The zero-order valence-electron chi connectivity index (χ0n) is 45.7. The quantitative estimate of drug-likeness (QED) is 0.121. The number of hydrogen-bond donors (Lipinski definition) is 3. The molecule has 6 aliphatic carbocycles. The second-order valence-electron chi connectivity index (χ2n) is 23.9. The monoisotopic (exact) mass is 997 g/mol.